The van der Waals surface area contributed by atoms with Crippen LogP contribution in [0.5, 0.6) is 11.5 Å². The van der Waals surface area contributed by atoms with Gasteiger partial charge < -0.3 is 24.4 Å². The number of nitrogens with zero attached hydrogens (tertiary/aromatic N) is 1. The average Bonchev–Trinajstić information content (AvgIpc) is 3.52. The van der Waals surface area contributed by atoms with E-state index in [1.165, 1.54) is 0 Å². The summed E-state index contributed by atoms with van der Waals surface area (Å²) >= 11 is 0. The lowest BCUT2D eigenvalue weighted by molar-refractivity contribution is -0.151. The van der Waals surface area contributed by atoms with Crippen LogP contribution in [0.2, 0.25) is 0 Å². The van der Waals surface area contributed by atoms with Crippen LogP contribution in [0.15, 0.2) is 43.0 Å². The Bertz CT molecular complexity index is 1230. The summed E-state index contributed by atoms with van der Waals surface area (Å²) < 4.78 is 18.0. The Balaban J connectivity index is 1.68. The molecular weight excluding hydrogens is 564 g/mol. The Labute approximate surface area is 271 Å². The second kappa shape index (κ2) is 18.6. The van der Waals surface area contributed by atoms with E-state index in [1.54, 1.807) is 4.90 Å². The number of unbranched alkanes of at least 4 members (excludes halogenated alkanes) is 2. The van der Waals surface area contributed by atoms with Gasteiger partial charge >= 0.3 is 5.97 Å². The normalized spacial score (nSPS) is 13.9. The molecule has 0 aliphatic heterocycles. The van der Waals surface area contributed by atoms with Crippen molar-refractivity contribution in [3.8, 4) is 11.5 Å². The predicted octanol–water partition coefficient (Wildman–Crippen LogP) is 8.34. The van der Waals surface area contributed by atoms with Crippen molar-refractivity contribution < 1.29 is 23.8 Å². The maximum Gasteiger partial charge on any atom is 0.323 e. The largest absolute Gasteiger partial charge is 0.493 e. The monoisotopic (exact) mass is 620 g/mol. The van der Waals surface area contributed by atoms with E-state index in [2.05, 4.69) is 51.7 Å². The summed E-state index contributed by atoms with van der Waals surface area (Å²) in [6, 6.07) is 11.6. The molecule has 0 heterocycles. The molecular formula is C38H56N2O5. The number of amides is 1. The number of hydrogen-bond acceptors (Lipinski definition) is 6. The Morgan fingerprint density at radius 1 is 0.933 bits per heavy atom. The van der Waals surface area contributed by atoms with Gasteiger partial charge in [-0.25, -0.2) is 0 Å². The number of esters is 1. The first-order valence-corrected chi connectivity index (χ1v) is 17.0. The number of benzene rings is 2. The lowest BCUT2D eigenvalue weighted by atomic mass is 10.0. The van der Waals surface area contributed by atoms with Crippen molar-refractivity contribution in [1.29, 1.82) is 0 Å². The van der Waals surface area contributed by atoms with Gasteiger partial charge in [0, 0.05) is 31.8 Å². The molecule has 1 saturated carbocycles. The first-order valence-electron chi connectivity index (χ1n) is 17.0. The van der Waals surface area contributed by atoms with Crippen LogP contribution in [0, 0.1) is 5.92 Å². The van der Waals surface area contributed by atoms with Crippen molar-refractivity contribution in [3.63, 3.8) is 0 Å². The maximum atomic E-state index is 13.8. The van der Waals surface area contributed by atoms with Crippen LogP contribution in [0.4, 0.5) is 0 Å². The number of carbonyl (C=O) groups is 2. The quantitative estimate of drug-likeness (QED) is 0.126. The molecule has 2 aromatic rings. The van der Waals surface area contributed by atoms with E-state index in [0.717, 1.165) is 80.1 Å². The minimum Gasteiger partial charge on any atom is -0.493 e. The van der Waals surface area contributed by atoms with E-state index in [9.17, 15) is 9.59 Å². The first-order chi connectivity index (χ1) is 21.6. The van der Waals surface area contributed by atoms with Crippen LogP contribution in [-0.2, 0) is 22.6 Å². The molecule has 0 bridgehead atoms. The number of ether oxygens (including phenoxy) is 3. The highest BCUT2D eigenvalue weighted by Gasteiger charge is 2.26. The standard InChI is InChI=1S/C38H56N2O5/c1-8-10-20-43-35-24-36(44-21-11-9-2)33(23-32(35)28(5)6)37(41)40(7)26-30-18-16-29(17-19-30)25-39-34(22-27(3)4)38(42)45-31-14-12-13-15-31/h16-19,23-24,27,31,34,39H,5,8-15,20-22,25-26H2,1-4,6-7H3. The summed E-state index contributed by atoms with van der Waals surface area (Å²) in [7, 11) is 1.81. The summed E-state index contributed by atoms with van der Waals surface area (Å²) in [5.74, 6) is 1.37. The number of carbonyl (C=O) groups excluding carboxylic acids is 2. The number of nitrogens with one attached hydrogen (secondary N) is 1. The molecule has 3 rings (SSSR count). The first kappa shape index (κ1) is 36.2. The molecule has 248 valence electrons. The van der Waals surface area contributed by atoms with Crippen LogP contribution < -0.4 is 14.8 Å². The molecule has 1 aliphatic rings. The van der Waals surface area contributed by atoms with E-state index in [0.29, 0.717) is 49.3 Å². The second-order valence-electron chi connectivity index (χ2n) is 12.9. The van der Waals surface area contributed by atoms with Crippen LogP contribution in [0.25, 0.3) is 5.57 Å². The van der Waals surface area contributed by atoms with Crippen molar-refractivity contribution in [2.24, 2.45) is 5.92 Å². The summed E-state index contributed by atoms with van der Waals surface area (Å²) in [6.07, 6.45) is 8.91. The SMILES string of the molecule is C=C(C)c1cc(C(=O)N(C)Cc2ccc(CNC(CC(C)C)C(=O)OC3CCCC3)cc2)c(OCCCC)cc1OCCCC. The van der Waals surface area contributed by atoms with Gasteiger partial charge in [-0.2, -0.15) is 0 Å². The molecule has 0 aromatic heterocycles. The van der Waals surface area contributed by atoms with Gasteiger partial charge in [0.05, 0.1) is 18.8 Å². The highest BCUT2D eigenvalue weighted by molar-refractivity contribution is 5.98. The van der Waals surface area contributed by atoms with Crippen molar-refractivity contribution in [1.82, 2.24) is 10.2 Å². The smallest absolute Gasteiger partial charge is 0.323 e. The molecule has 0 spiro atoms. The molecule has 7 heteroatoms. The lowest BCUT2D eigenvalue weighted by Crippen LogP contribution is -2.40. The van der Waals surface area contributed by atoms with Gasteiger partial charge in [-0.05, 0) is 80.6 Å². The van der Waals surface area contributed by atoms with Gasteiger partial charge in [-0.1, -0.05) is 71.4 Å². The molecule has 7 nitrogen and oxygen atoms in total. The highest BCUT2D eigenvalue weighted by atomic mass is 16.5. The fourth-order valence-corrected chi connectivity index (χ4v) is 5.50. The minimum atomic E-state index is -0.324. The Hall–Kier alpha value is -3.32. The van der Waals surface area contributed by atoms with E-state index in [-0.39, 0.29) is 24.0 Å². The molecule has 1 unspecified atom stereocenters. The van der Waals surface area contributed by atoms with Gasteiger partial charge in [0.25, 0.3) is 5.91 Å². The number of rotatable bonds is 19. The number of allylic oxidation sites excluding steroid dienone is 1. The molecule has 1 amide bonds. The molecule has 1 fully saturated rings. The van der Waals surface area contributed by atoms with Crippen LogP contribution >= 0.6 is 0 Å². The van der Waals surface area contributed by atoms with Crippen molar-refractivity contribution >= 4 is 17.4 Å². The maximum absolute atomic E-state index is 13.8. The molecule has 1 N–H and O–H groups in total. The van der Waals surface area contributed by atoms with Crippen molar-refractivity contribution in [3.05, 3.63) is 65.2 Å². The van der Waals surface area contributed by atoms with Crippen molar-refractivity contribution in [2.45, 2.75) is 118 Å². The highest BCUT2D eigenvalue weighted by Crippen LogP contribution is 2.34. The molecule has 1 aliphatic carbocycles. The Morgan fingerprint density at radius 2 is 1.51 bits per heavy atom. The number of hydrogen-bond donors (Lipinski definition) is 1. The summed E-state index contributed by atoms with van der Waals surface area (Å²) in [5, 5.41) is 3.43. The zero-order valence-electron chi connectivity index (χ0n) is 28.6. The van der Waals surface area contributed by atoms with Gasteiger partial charge in [0.1, 0.15) is 23.6 Å². The topological polar surface area (TPSA) is 77.1 Å². The Kier molecular flexibility index (Phi) is 14.9. The van der Waals surface area contributed by atoms with Crippen LogP contribution in [0.1, 0.15) is 119 Å². The molecule has 45 heavy (non-hydrogen) atoms. The zero-order chi connectivity index (χ0) is 32.8. The third-order valence-corrected chi connectivity index (χ3v) is 8.20. The zero-order valence-corrected chi connectivity index (χ0v) is 28.6. The summed E-state index contributed by atoms with van der Waals surface area (Å²) in [5.41, 5.74) is 4.26. The van der Waals surface area contributed by atoms with Gasteiger partial charge in [-0.15, -0.1) is 0 Å². The molecule has 0 saturated heterocycles. The van der Waals surface area contributed by atoms with Gasteiger partial charge in [-0.3, -0.25) is 9.59 Å². The fraction of sp³-hybridized carbons (Fsp3) is 0.579. The van der Waals surface area contributed by atoms with Gasteiger partial charge in [0.15, 0.2) is 0 Å². The summed E-state index contributed by atoms with van der Waals surface area (Å²) in [4.78, 5) is 28.4. The van der Waals surface area contributed by atoms with Crippen molar-refractivity contribution in [2.75, 3.05) is 20.3 Å². The van der Waals surface area contributed by atoms with Crippen LogP contribution in [-0.4, -0.2) is 49.2 Å². The minimum absolute atomic E-state index is 0.0661. The lowest BCUT2D eigenvalue weighted by Gasteiger charge is -2.22. The Morgan fingerprint density at radius 3 is 2.07 bits per heavy atom. The second-order valence-corrected chi connectivity index (χ2v) is 12.9. The van der Waals surface area contributed by atoms with E-state index in [4.69, 9.17) is 14.2 Å². The van der Waals surface area contributed by atoms with Gasteiger partial charge in [0.2, 0.25) is 0 Å². The average molecular weight is 621 g/mol. The van der Waals surface area contributed by atoms with E-state index < -0.39 is 0 Å². The van der Waals surface area contributed by atoms with E-state index >= 15 is 0 Å². The van der Waals surface area contributed by atoms with E-state index in [1.807, 2.05) is 38.2 Å². The van der Waals surface area contributed by atoms with Crippen LogP contribution in [0.3, 0.4) is 0 Å². The molecule has 0 radical (unpaired) electrons. The third-order valence-electron chi connectivity index (χ3n) is 8.20. The fourth-order valence-electron chi connectivity index (χ4n) is 5.50. The molecule has 2 aromatic carbocycles. The molecule has 1 atom stereocenters. The third kappa shape index (κ3) is 11.5. The predicted molar refractivity (Wildman–Crippen MR) is 183 cm³/mol. The summed E-state index contributed by atoms with van der Waals surface area (Å²) in [6.45, 7) is 16.7.